The van der Waals surface area contributed by atoms with Crippen LogP contribution in [0, 0.1) is 0 Å². The highest BCUT2D eigenvalue weighted by molar-refractivity contribution is 5.99. The predicted octanol–water partition coefficient (Wildman–Crippen LogP) is 4.54. The molecular weight excluding hydrogens is 935 g/mol. The van der Waals surface area contributed by atoms with Crippen LogP contribution in [0.3, 0.4) is 0 Å². The first-order valence-electron chi connectivity index (χ1n) is 25.6. The molecule has 0 radical (unpaired) electrons. The third-order valence-electron chi connectivity index (χ3n) is 13.4. The number of nitrogens with one attached hydrogen (secondary N) is 6. The fourth-order valence-electron chi connectivity index (χ4n) is 9.25. The van der Waals surface area contributed by atoms with Crippen LogP contribution >= 0.6 is 0 Å². The summed E-state index contributed by atoms with van der Waals surface area (Å²) in [7, 11) is 1.51. The molecule has 1 aliphatic heterocycles. The van der Waals surface area contributed by atoms with Crippen molar-refractivity contribution < 1.29 is 33.5 Å². The lowest BCUT2D eigenvalue weighted by Crippen LogP contribution is -2.62. The summed E-state index contributed by atoms with van der Waals surface area (Å²) >= 11 is 0. The molecule has 2 heterocycles. The third kappa shape index (κ3) is 15.4. The number of carbonyl (C=O) groups is 6. The Hall–Kier alpha value is -7.82. The van der Waals surface area contributed by atoms with Crippen molar-refractivity contribution in [2.45, 2.75) is 107 Å². The lowest BCUT2D eigenvalue weighted by molar-refractivity contribution is -0.143. The van der Waals surface area contributed by atoms with Gasteiger partial charge in [0.1, 0.15) is 48.6 Å². The molecule has 5 aromatic carbocycles. The van der Waals surface area contributed by atoms with Gasteiger partial charge in [-0.05, 0) is 97.6 Å². The smallest absolute Gasteiger partial charge is 0.245 e. The van der Waals surface area contributed by atoms with Gasteiger partial charge in [-0.2, -0.15) is 0 Å². The summed E-state index contributed by atoms with van der Waals surface area (Å²) in [6.45, 7) is 1.03. The van der Waals surface area contributed by atoms with Crippen LogP contribution < -0.4 is 42.8 Å². The first-order valence-corrected chi connectivity index (χ1v) is 25.6. The number of aromatic nitrogens is 1. The van der Waals surface area contributed by atoms with Gasteiger partial charge in [0.25, 0.3) is 0 Å². The van der Waals surface area contributed by atoms with Gasteiger partial charge in [-0.3, -0.25) is 28.8 Å². The highest BCUT2D eigenvalue weighted by Gasteiger charge is 2.37. The van der Waals surface area contributed by atoms with Gasteiger partial charge in [-0.1, -0.05) is 121 Å². The molecule has 1 saturated heterocycles. The van der Waals surface area contributed by atoms with E-state index in [0.29, 0.717) is 56.7 Å². The highest BCUT2D eigenvalue weighted by atomic mass is 16.5. The van der Waals surface area contributed by atoms with Crippen molar-refractivity contribution >= 4 is 46.3 Å². The zero-order valence-corrected chi connectivity index (χ0v) is 42.0. The number of ether oxygens (including phenoxy) is 1. The summed E-state index contributed by atoms with van der Waals surface area (Å²) in [6, 6.07) is 35.6. The van der Waals surface area contributed by atoms with E-state index in [1.165, 1.54) is 11.9 Å². The number of unbranched alkanes of at least 4 members (excludes halogenated alkanes) is 2. The molecule has 7 rings (SSSR count). The fourth-order valence-corrected chi connectivity index (χ4v) is 9.25. The van der Waals surface area contributed by atoms with E-state index in [2.05, 4.69) is 31.6 Å². The molecular formula is C58H69N9O7. The van der Waals surface area contributed by atoms with Gasteiger partial charge in [0.2, 0.25) is 35.4 Å². The van der Waals surface area contributed by atoms with E-state index in [1.807, 2.05) is 115 Å². The summed E-state index contributed by atoms with van der Waals surface area (Å²) in [5, 5.41) is 15.6. The number of nitrogens with two attached hydrogens (primary N) is 2. The lowest BCUT2D eigenvalue weighted by atomic mass is 9.99. The van der Waals surface area contributed by atoms with Crippen LogP contribution in [0.2, 0.25) is 0 Å². The number of benzene rings is 5. The standard InChI is InChI=1S/C58H69N9O7/c1-67-52(26-14-16-32-60)57(72)65-49(33-39-17-5-2-6-18-39)54(69)64-50(36-43-37-61-46-24-12-11-23-45(43)46)56(71)62-47(25-13-15-31-59)53(68)63-48(55(70)66-51(58(67)73)35-40-19-7-3-8-20-40)34-41-27-29-44(30-28-41)74-38-42-21-9-4-10-22-42/h2-12,17-24,27-30,37,47-52,61H,13-16,25-26,31-36,38,59-60H2,1H3,(H,62,71)(H,63,68)(H,64,69)(H,65,72)(H,66,70)/t47-,48-,49-,50+,51-,52-/m0/s1. The van der Waals surface area contributed by atoms with Gasteiger partial charge in [0.05, 0.1) is 0 Å². The number of carbonyl (C=O) groups excluding carboxylic acids is 6. The van der Waals surface area contributed by atoms with Crippen molar-refractivity contribution in [3.05, 3.63) is 174 Å². The van der Waals surface area contributed by atoms with Crippen LogP contribution in [0.4, 0.5) is 0 Å². The second-order valence-corrected chi connectivity index (χ2v) is 18.9. The Morgan fingerprint density at radius 3 is 1.49 bits per heavy atom. The number of nitrogens with zero attached hydrogens (tertiary/aromatic N) is 1. The molecule has 1 aliphatic rings. The van der Waals surface area contributed by atoms with Crippen molar-refractivity contribution in [2.75, 3.05) is 20.1 Å². The molecule has 6 amide bonds. The topological polar surface area (TPSA) is 243 Å². The molecule has 10 N–H and O–H groups in total. The van der Waals surface area contributed by atoms with Gasteiger partial charge < -0.3 is 52.7 Å². The van der Waals surface area contributed by atoms with Crippen molar-refractivity contribution in [3.63, 3.8) is 0 Å². The first kappa shape index (κ1) is 54.0. The Kier molecular flexibility index (Phi) is 19.9. The number of amides is 6. The Balaban J connectivity index is 1.28. The number of rotatable bonds is 19. The van der Waals surface area contributed by atoms with Crippen molar-refractivity contribution in [1.29, 1.82) is 0 Å². The van der Waals surface area contributed by atoms with E-state index in [1.54, 1.807) is 30.5 Å². The Labute approximate surface area is 432 Å². The quantitative estimate of drug-likeness (QED) is 0.0531. The Bertz CT molecular complexity index is 2770. The zero-order valence-electron chi connectivity index (χ0n) is 42.0. The SMILES string of the molecule is CN1C(=O)[C@H](Cc2ccccc2)NC(=O)[C@H](Cc2ccc(OCc3ccccc3)cc2)NC(=O)[C@H](CCCCN)NC(=O)[C@@H](Cc2c[nH]c3ccccc23)NC(=O)[C@H](Cc2ccccc2)NC(=O)[C@@H]1CCCCN. The maximum atomic E-state index is 15.0. The van der Waals surface area contributed by atoms with Crippen LogP contribution in [0.5, 0.6) is 5.75 Å². The molecule has 6 aromatic rings. The summed E-state index contributed by atoms with van der Waals surface area (Å²) in [6.07, 6.45) is 4.26. The van der Waals surface area contributed by atoms with E-state index in [0.717, 1.165) is 33.2 Å². The van der Waals surface area contributed by atoms with Crippen molar-refractivity contribution in [3.8, 4) is 5.75 Å². The van der Waals surface area contributed by atoms with E-state index < -0.39 is 71.7 Å². The molecule has 388 valence electrons. The van der Waals surface area contributed by atoms with Crippen molar-refractivity contribution in [1.82, 2.24) is 36.5 Å². The van der Waals surface area contributed by atoms with Crippen LogP contribution in [0.1, 0.15) is 66.3 Å². The lowest BCUT2D eigenvalue weighted by Gasteiger charge is -2.33. The largest absolute Gasteiger partial charge is 0.489 e. The maximum absolute atomic E-state index is 15.0. The fraction of sp³-hybridized carbons (Fsp3) is 0.345. The molecule has 1 fully saturated rings. The van der Waals surface area contributed by atoms with Gasteiger partial charge in [0.15, 0.2) is 0 Å². The van der Waals surface area contributed by atoms with E-state index in [-0.39, 0.29) is 38.5 Å². The van der Waals surface area contributed by atoms with Crippen LogP contribution in [0.15, 0.2) is 146 Å². The Morgan fingerprint density at radius 2 is 0.905 bits per heavy atom. The van der Waals surface area contributed by atoms with Crippen LogP contribution in [-0.2, 0) is 61.1 Å². The molecule has 0 spiro atoms. The van der Waals surface area contributed by atoms with Crippen molar-refractivity contribution in [2.24, 2.45) is 11.5 Å². The van der Waals surface area contributed by atoms with E-state index in [9.17, 15) is 24.0 Å². The molecule has 6 atom stereocenters. The monoisotopic (exact) mass is 1000 g/mol. The highest BCUT2D eigenvalue weighted by Crippen LogP contribution is 2.21. The number of fused-ring (bicyclic) bond motifs is 1. The molecule has 0 aliphatic carbocycles. The summed E-state index contributed by atoms with van der Waals surface area (Å²) in [5.74, 6) is -3.16. The molecule has 0 saturated carbocycles. The molecule has 16 heteroatoms. The van der Waals surface area contributed by atoms with Gasteiger partial charge >= 0.3 is 0 Å². The summed E-state index contributed by atoms with van der Waals surface area (Å²) < 4.78 is 6.03. The van der Waals surface area contributed by atoms with Crippen LogP contribution in [0.25, 0.3) is 10.9 Å². The van der Waals surface area contributed by atoms with Crippen LogP contribution in [-0.4, -0.2) is 102 Å². The summed E-state index contributed by atoms with van der Waals surface area (Å²) in [5.41, 5.74) is 16.5. The minimum atomic E-state index is -1.26. The van der Waals surface area contributed by atoms with Gasteiger partial charge in [-0.25, -0.2) is 0 Å². The average molecular weight is 1000 g/mol. The maximum Gasteiger partial charge on any atom is 0.245 e. The molecule has 0 unspecified atom stereocenters. The summed E-state index contributed by atoms with van der Waals surface area (Å²) in [4.78, 5) is 93.9. The zero-order chi connectivity index (χ0) is 52.2. The number of hydrogen-bond acceptors (Lipinski definition) is 9. The molecule has 1 aromatic heterocycles. The number of likely N-dealkylation sites (N-methyl/N-ethyl adjacent to an activating group) is 1. The molecule has 0 bridgehead atoms. The van der Waals surface area contributed by atoms with E-state index in [4.69, 9.17) is 16.2 Å². The second kappa shape index (κ2) is 27.3. The Morgan fingerprint density at radius 1 is 0.459 bits per heavy atom. The number of aromatic amines is 1. The number of hydrogen-bond donors (Lipinski definition) is 8. The second-order valence-electron chi connectivity index (χ2n) is 18.9. The van der Waals surface area contributed by atoms with Gasteiger partial charge in [-0.15, -0.1) is 0 Å². The number of para-hydroxylation sites is 1. The minimum absolute atomic E-state index is 0.00569. The minimum Gasteiger partial charge on any atom is -0.489 e. The number of H-pyrrole nitrogens is 1. The average Bonchev–Trinajstić information content (AvgIpc) is 3.83. The third-order valence-corrected chi connectivity index (χ3v) is 13.4. The molecule has 74 heavy (non-hydrogen) atoms. The molecule has 16 nitrogen and oxygen atoms in total. The first-order chi connectivity index (χ1) is 36.0. The predicted molar refractivity (Wildman–Crippen MR) is 285 cm³/mol. The normalized spacial score (nSPS) is 20.4. The van der Waals surface area contributed by atoms with E-state index >= 15 is 4.79 Å². The van der Waals surface area contributed by atoms with Gasteiger partial charge in [0, 0.05) is 49.8 Å².